The molecular weight excluding hydrogens is 1150 g/mol. The van der Waals surface area contributed by atoms with Crippen LogP contribution in [0.3, 0.4) is 0 Å². The Morgan fingerprint density at radius 2 is 0.674 bits per heavy atom. The van der Waals surface area contributed by atoms with Gasteiger partial charge in [0.2, 0.25) is 0 Å². The zero-order valence-corrected chi connectivity index (χ0v) is 56.8. The fourth-order valence-electron chi connectivity index (χ4n) is 13.1. The molecule has 0 saturated heterocycles. The van der Waals surface area contributed by atoms with E-state index in [-0.39, 0.29) is 33.2 Å². The van der Waals surface area contributed by atoms with Gasteiger partial charge in [0.05, 0.1) is 31.9 Å². The van der Waals surface area contributed by atoms with E-state index in [4.69, 9.17) is 27.3 Å². The van der Waals surface area contributed by atoms with Crippen molar-refractivity contribution >= 4 is 57.2 Å². The molecule has 3 heterocycles. The Labute approximate surface area is 585 Å². The van der Waals surface area contributed by atoms with Crippen molar-refractivity contribution in [3.63, 3.8) is 0 Å². The molecule has 95 heavy (non-hydrogen) atoms. The van der Waals surface area contributed by atoms with E-state index in [0.29, 0.717) is 22.6 Å². The Kier molecular flexibility index (Phi) is 11.7. The predicted octanol–water partition coefficient (Wildman–Crippen LogP) is 22.1. The van der Waals surface area contributed by atoms with E-state index in [1.807, 2.05) is 69.3 Å². The number of hydrogen-bond donors (Lipinski definition) is 0. The molecule has 0 bridgehead atoms. The lowest BCUT2D eigenvalue weighted by molar-refractivity contribution is 0.569. The molecule has 470 valence electrons. The van der Waals surface area contributed by atoms with E-state index in [9.17, 15) is 8.22 Å². The molecule has 1 aromatic heterocycles. The van der Waals surface area contributed by atoms with E-state index in [1.54, 1.807) is 0 Å². The summed E-state index contributed by atoms with van der Waals surface area (Å²) in [6, 6.07) is 46.4. The molecule has 0 spiro atoms. The highest BCUT2D eigenvalue weighted by Crippen LogP contribution is 2.54. The van der Waals surface area contributed by atoms with Gasteiger partial charge < -0.3 is 9.80 Å². The van der Waals surface area contributed by atoms with Gasteiger partial charge in [-0.15, -0.1) is 0 Å². The Morgan fingerprint density at radius 1 is 0.284 bits per heavy atom. The molecule has 0 unspecified atom stereocenters. The average Bonchev–Trinajstić information content (AvgIpc) is 0.686. The lowest BCUT2D eigenvalue weighted by Gasteiger charge is -2.46. The summed E-state index contributed by atoms with van der Waals surface area (Å²) in [4.78, 5) is 19.6. The highest BCUT2D eigenvalue weighted by atomic mass is 15.2. The first-order valence-corrected chi connectivity index (χ1v) is 32.6. The molecule has 5 nitrogen and oxygen atoms in total. The summed E-state index contributed by atoms with van der Waals surface area (Å²) in [7, 11) is 0. The van der Waals surface area contributed by atoms with Crippen LogP contribution in [0.2, 0.25) is 0 Å². The van der Waals surface area contributed by atoms with Crippen molar-refractivity contribution in [3.05, 3.63) is 276 Å². The van der Waals surface area contributed by atoms with Gasteiger partial charge in [0.1, 0.15) is 0 Å². The molecular formula is C89H86BN5. The van der Waals surface area contributed by atoms with Gasteiger partial charge in [-0.2, -0.15) is 0 Å². The predicted molar refractivity (Wildman–Crippen MR) is 405 cm³/mol. The summed E-state index contributed by atoms with van der Waals surface area (Å²) in [6.45, 7) is 32.2. The molecule has 0 aliphatic carbocycles. The maximum Gasteiger partial charge on any atom is 0.252 e. The van der Waals surface area contributed by atoms with E-state index in [1.165, 1.54) is 11.1 Å². The van der Waals surface area contributed by atoms with Crippen molar-refractivity contribution in [2.75, 3.05) is 9.80 Å². The number of hydrogen-bond acceptors (Lipinski definition) is 5. The van der Waals surface area contributed by atoms with Crippen molar-refractivity contribution in [2.45, 2.75) is 131 Å². The molecule has 0 fully saturated rings. The zero-order valence-electron chi connectivity index (χ0n) is 71.8. The van der Waals surface area contributed by atoms with Crippen LogP contribution in [0, 0.1) is 0 Å². The van der Waals surface area contributed by atoms with Crippen LogP contribution in [0.15, 0.2) is 248 Å². The van der Waals surface area contributed by atoms with Crippen molar-refractivity contribution < 1.29 is 20.6 Å². The van der Waals surface area contributed by atoms with Crippen molar-refractivity contribution in [2.24, 2.45) is 0 Å². The largest absolute Gasteiger partial charge is 0.311 e. The topological polar surface area (TPSA) is 45.2 Å². The summed E-state index contributed by atoms with van der Waals surface area (Å²) in [5, 5.41) is 0. The molecule has 6 heteroatoms. The zero-order chi connectivity index (χ0) is 79.6. The second-order valence-corrected chi connectivity index (χ2v) is 30.3. The fraction of sp³-hybridized carbons (Fsp3) is 0.225. The third-order valence-corrected chi connectivity index (χ3v) is 18.5. The highest BCUT2D eigenvalue weighted by molar-refractivity contribution is 7.00. The van der Waals surface area contributed by atoms with Crippen LogP contribution in [-0.4, -0.2) is 21.7 Å². The van der Waals surface area contributed by atoms with E-state index in [0.717, 1.165) is 83.5 Å². The van der Waals surface area contributed by atoms with Crippen LogP contribution in [0.1, 0.15) is 152 Å². The van der Waals surface area contributed by atoms with Gasteiger partial charge in [0, 0.05) is 50.6 Å². The number of fused-ring (bicyclic) bond motifs is 4. The summed E-state index contributed by atoms with van der Waals surface area (Å²) in [6.07, 6.45) is 0. The van der Waals surface area contributed by atoms with Gasteiger partial charge in [0.25, 0.3) is 6.71 Å². The quantitative estimate of drug-likeness (QED) is 0.135. The van der Waals surface area contributed by atoms with E-state index < -0.39 is 131 Å². The minimum absolute atomic E-state index is 0.0338. The molecule has 2 aliphatic heterocycles. The molecule has 0 amide bonds. The van der Waals surface area contributed by atoms with E-state index >= 15 is 0 Å². The van der Waals surface area contributed by atoms with Crippen molar-refractivity contribution in [1.82, 2.24) is 15.0 Å². The SMILES string of the molecule is [2H]c1c([2H])c([2H])c(-c2ccc3c(c2)N(c2ccc(C(C)(C)C)cc2-c2nc(-c4c([2H])c([2H])c([2H])c([2H])c4[2H])nc(-c4c([2H])c([2H])c([2H])c([2H])c4[2H])n2)c2cc(C(C)(C)C)cc4c2B3c2ccc(-c3cc(C(C)(C)C)cc(C(C)(C)C)c3)cc2N4c2c(-c3ccccc3)cc(C(C)(C)C)cc2-c2ccccc2)c([2H])c1[2H]. The number of nitrogens with zero attached hydrogens (tertiary/aromatic N) is 5. The molecule has 14 rings (SSSR count). The second-order valence-electron chi connectivity index (χ2n) is 30.3. The van der Waals surface area contributed by atoms with Gasteiger partial charge in [-0.05, 0) is 153 Å². The molecule has 2 aliphatic rings. The highest BCUT2D eigenvalue weighted by Gasteiger charge is 2.46. The van der Waals surface area contributed by atoms with Gasteiger partial charge in [-0.1, -0.05) is 304 Å². The fourth-order valence-corrected chi connectivity index (χ4v) is 13.1. The third-order valence-electron chi connectivity index (χ3n) is 18.5. The van der Waals surface area contributed by atoms with Crippen LogP contribution < -0.4 is 26.2 Å². The Morgan fingerprint density at radius 3 is 1.14 bits per heavy atom. The molecule has 0 radical (unpaired) electrons. The van der Waals surface area contributed by atoms with Crippen LogP contribution >= 0.6 is 0 Å². The van der Waals surface area contributed by atoms with Crippen molar-refractivity contribution in [1.29, 1.82) is 0 Å². The first-order valence-electron chi connectivity index (χ1n) is 40.1. The van der Waals surface area contributed by atoms with Gasteiger partial charge in [0.15, 0.2) is 17.5 Å². The van der Waals surface area contributed by atoms with E-state index in [2.05, 4.69) is 202 Å². The molecule has 11 aromatic carbocycles. The Bertz CT molecular complexity index is 5580. The monoisotopic (exact) mass is 1250 g/mol. The number of benzene rings is 11. The summed E-state index contributed by atoms with van der Waals surface area (Å²) in [5.74, 6) is -1.05. The maximum atomic E-state index is 9.56. The second kappa shape index (κ2) is 23.5. The normalized spacial score (nSPS) is 15.4. The molecule has 0 saturated carbocycles. The van der Waals surface area contributed by atoms with Crippen LogP contribution in [0.5, 0.6) is 0 Å². The Balaban J connectivity index is 1.19. The minimum Gasteiger partial charge on any atom is -0.311 e. The van der Waals surface area contributed by atoms with Gasteiger partial charge in [-0.3, -0.25) is 0 Å². The smallest absolute Gasteiger partial charge is 0.252 e. The minimum atomic E-state index is -0.686. The summed E-state index contributed by atoms with van der Waals surface area (Å²) in [5.41, 5.74) is 15.6. The first kappa shape index (κ1) is 47.0. The number of aromatic nitrogens is 3. The molecule has 12 aromatic rings. The van der Waals surface area contributed by atoms with Crippen LogP contribution in [0.4, 0.5) is 34.1 Å². The standard InChI is InChI=1S/C89H86BN5/c1-85(2,3)65-43-46-75(72(52-65)84-92-82(60-37-27-19-28-38-60)91-83(93-84)61-39-29-20-30-40-61)94-76-49-62(57-31-21-16-22-32-57)41-44-73(76)90-74-45-42-63(64-47-66(86(4,5)6)51-67(48-64)87(7,8)9)50-77(74)95(79-56-69(89(13,14)15)55-78(94)80(79)90)81-70(58-33-23-17-24-34-58)53-68(88(10,11)12)54-71(81)59-35-25-18-26-36-59/h16-56H,1-15H3/i16D,19D,20D,21D,22D,27D,28D,29D,30D,31D,32D,37D,38D,39D,40D. The Hall–Kier alpha value is -9.91. The van der Waals surface area contributed by atoms with Crippen molar-refractivity contribution in [3.8, 4) is 78.7 Å². The summed E-state index contributed by atoms with van der Waals surface area (Å²) >= 11 is 0. The molecule has 0 N–H and O–H groups in total. The lowest BCUT2D eigenvalue weighted by Crippen LogP contribution is -2.61. The number of rotatable bonds is 9. The number of anilines is 6. The third kappa shape index (κ3) is 11.8. The van der Waals surface area contributed by atoms with Crippen LogP contribution in [-0.2, 0) is 27.1 Å². The molecule has 0 atom stereocenters. The van der Waals surface area contributed by atoms with Crippen LogP contribution in [0.25, 0.3) is 78.7 Å². The van der Waals surface area contributed by atoms with Gasteiger partial charge in [-0.25, -0.2) is 15.0 Å². The first-order chi connectivity index (χ1) is 51.5. The lowest BCUT2D eigenvalue weighted by atomic mass is 9.33. The summed E-state index contributed by atoms with van der Waals surface area (Å²) < 4.78 is 137. The maximum absolute atomic E-state index is 9.56. The average molecular weight is 1250 g/mol. The van der Waals surface area contributed by atoms with Gasteiger partial charge >= 0.3 is 0 Å².